The van der Waals surface area contributed by atoms with Crippen molar-refractivity contribution in [2.75, 3.05) is 18.9 Å². The number of benzene rings is 1. The molecule has 0 fully saturated rings. The van der Waals surface area contributed by atoms with E-state index in [0.29, 0.717) is 11.2 Å². The van der Waals surface area contributed by atoms with E-state index >= 15 is 0 Å². The summed E-state index contributed by atoms with van der Waals surface area (Å²) in [5.74, 6) is -0.207. The Morgan fingerprint density at radius 2 is 1.96 bits per heavy atom. The number of hydrogen-bond donors (Lipinski definition) is 1. The van der Waals surface area contributed by atoms with Crippen LogP contribution in [0.25, 0.3) is 0 Å². The zero-order valence-corrected chi connectivity index (χ0v) is 14.9. The van der Waals surface area contributed by atoms with Crippen LogP contribution in [0.15, 0.2) is 50.4 Å². The number of halogens is 1. The smallest absolute Gasteiger partial charge is 0.374 e. The number of thioether (sulfide) groups is 1. The lowest BCUT2D eigenvalue weighted by Crippen LogP contribution is -2.30. The molecule has 23 heavy (non-hydrogen) atoms. The number of furan rings is 1. The Bertz CT molecular complexity index is 669. The van der Waals surface area contributed by atoms with Crippen molar-refractivity contribution in [1.29, 1.82) is 0 Å². The van der Waals surface area contributed by atoms with Crippen molar-refractivity contribution in [2.45, 2.75) is 11.8 Å². The van der Waals surface area contributed by atoms with Crippen molar-refractivity contribution in [1.82, 2.24) is 5.32 Å². The van der Waals surface area contributed by atoms with Crippen LogP contribution in [0.4, 0.5) is 0 Å². The lowest BCUT2D eigenvalue weighted by Gasteiger charge is -2.06. The number of ether oxygens (including phenoxy) is 1. The van der Waals surface area contributed by atoms with Crippen molar-refractivity contribution >= 4 is 39.6 Å². The minimum Gasteiger partial charge on any atom is -0.450 e. The highest BCUT2D eigenvalue weighted by Crippen LogP contribution is 2.17. The molecule has 2 rings (SSSR count). The highest BCUT2D eigenvalue weighted by atomic mass is 79.9. The van der Waals surface area contributed by atoms with Crippen molar-refractivity contribution < 1.29 is 18.7 Å². The van der Waals surface area contributed by atoms with Gasteiger partial charge in [-0.2, -0.15) is 0 Å². The summed E-state index contributed by atoms with van der Waals surface area (Å²) in [6.07, 6.45) is 0. The minimum absolute atomic E-state index is 0.0552. The molecular weight excluding hydrogens is 382 g/mol. The molecule has 1 N–H and O–H groups in total. The van der Waals surface area contributed by atoms with Crippen LogP contribution >= 0.6 is 27.7 Å². The van der Waals surface area contributed by atoms with Crippen molar-refractivity contribution in [3.8, 4) is 0 Å². The van der Waals surface area contributed by atoms with Crippen molar-refractivity contribution in [3.63, 3.8) is 0 Å². The third-order valence-electron chi connectivity index (χ3n) is 2.82. The second kappa shape index (κ2) is 8.79. The molecule has 1 aromatic carbocycles. The van der Waals surface area contributed by atoms with E-state index in [2.05, 4.69) is 21.2 Å². The Labute approximate surface area is 146 Å². The van der Waals surface area contributed by atoms with E-state index in [1.54, 1.807) is 17.8 Å². The molecule has 5 nitrogen and oxygen atoms in total. The predicted molar refractivity (Wildman–Crippen MR) is 91.6 cm³/mol. The Hall–Kier alpha value is -1.73. The summed E-state index contributed by atoms with van der Waals surface area (Å²) >= 11 is 4.74. The van der Waals surface area contributed by atoms with E-state index in [4.69, 9.17) is 9.15 Å². The van der Waals surface area contributed by atoms with Gasteiger partial charge in [0, 0.05) is 17.2 Å². The number of aryl methyl sites for hydroxylation is 1. The van der Waals surface area contributed by atoms with Crippen LogP contribution in [0, 0.1) is 6.92 Å². The Balaban J connectivity index is 1.61. The number of hydrogen-bond acceptors (Lipinski definition) is 5. The van der Waals surface area contributed by atoms with Gasteiger partial charge in [-0.25, -0.2) is 4.79 Å². The lowest BCUT2D eigenvalue weighted by molar-refractivity contribution is -0.124. The Kier molecular flexibility index (Phi) is 6.73. The van der Waals surface area contributed by atoms with Gasteiger partial charge >= 0.3 is 5.97 Å². The van der Waals surface area contributed by atoms with Gasteiger partial charge in [0.15, 0.2) is 11.3 Å². The summed E-state index contributed by atoms with van der Waals surface area (Å²) in [7, 11) is 0. The molecule has 0 radical (unpaired) electrons. The second-order valence-corrected chi connectivity index (χ2v) is 6.64. The monoisotopic (exact) mass is 397 g/mol. The predicted octanol–water partition coefficient (Wildman–Crippen LogP) is 3.42. The first-order chi connectivity index (χ1) is 11.0. The summed E-state index contributed by atoms with van der Waals surface area (Å²) in [5, 5.41) is 2.70. The third-order valence-corrected chi connectivity index (χ3v) is 4.26. The summed E-state index contributed by atoms with van der Waals surface area (Å²) in [6.45, 7) is 2.21. The molecule has 122 valence electrons. The Morgan fingerprint density at radius 3 is 2.61 bits per heavy atom. The molecule has 0 aliphatic carbocycles. The first-order valence-corrected chi connectivity index (χ1v) is 8.71. The topological polar surface area (TPSA) is 68.5 Å². The molecule has 0 bridgehead atoms. The van der Waals surface area contributed by atoms with E-state index in [-0.39, 0.29) is 18.3 Å². The molecule has 0 atom stereocenters. The van der Waals surface area contributed by atoms with Gasteiger partial charge in [-0.15, -0.1) is 11.8 Å². The summed E-state index contributed by atoms with van der Waals surface area (Å²) in [4.78, 5) is 24.3. The van der Waals surface area contributed by atoms with Gasteiger partial charge in [0.2, 0.25) is 5.76 Å². The van der Waals surface area contributed by atoms with Crippen LogP contribution in [0.1, 0.15) is 16.1 Å². The summed E-state index contributed by atoms with van der Waals surface area (Å²) in [6, 6.07) is 11.2. The highest BCUT2D eigenvalue weighted by molar-refractivity contribution is 9.10. The third kappa shape index (κ3) is 6.11. The van der Waals surface area contributed by atoms with Gasteiger partial charge in [0.05, 0.1) is 0 Å². The fraction of sp³-hybridized carbons (Fsp3) is 0.250. The molecule has 1 heterocycles. The van der Waals surface area contributed by atoms with Crippen LogP contribution in [0.3, 0.4) is 0 Å². The molecule has 0 unspecified atom stereocenters. The summed E-state index contributed by atoms with van der Waals surface area (Å²) < 4.78 is 10.3. The fourth-order valence-electron chi connectivity index (χ4n) is 1.67. The molecule has 1 aromatic heterocycles. The van der Waals surface area contributed by atoms with Gasteiger partial charge in [-0.1, -0.05) is 17.7 Å². The van der Waals surface area contributed by atoms with Crippen LogP contribution in [0.2, 0.25) is 0 Å². The van der Waals surface area contributed by atoms with Crippen LogP contribution in [-0.2, 0) is 9.53 Å². The average molecular weight is 398 g/mol. The number of nitrogens with one attached hydrogen (secondary N) is 1. The van der Waals surface area contributed by atoms with Crippen LogP contribution in [-0.4, -0.2) is 30.8 Å². The van der Waals surface area contributed by atoms with Gasteiger partial charge in [0.1, 0.15) is 0 Å². The molecule has 7 heteroatoms. The molecule has 0 aliphatic rings. The van der Waals surface area contributed by atoms with E-state index in [0.717, 1.165) is 10.6 Å². The molecule has 0 saturated carbocycles. The van der Waals surface area contributed by atoms with Gasteiger partial charge in [-0.05, 0) is 47.1 Å². The number of esters is 1. The van der Waals surface area contributed by atoms with Gasteiger partial charge in [-0.3, -0.25) is 4.79 Å². The standard InChI is InChI=1S/C16H16BrNO4S/c1-11-2-4-12(5-3-11)23-9-8-18-15(19)10-21-16(20)13-6-7-14(17)22-13/h2-7H,8-10H2,1H3,(H,18,19). The van der Waals surface area contributed by atoms with Crippen LogP contribution < -0.4 is 5.32 Å². The average Bonchev–Trinajstić information content (AvgIpc) is 2.97. The number of carbonyl (C=O) groups is 2. The highest BCUT2D eigenvalue weighted by Gasteiger charge is 2.13. The van der Waals surface area contributed by atoms with E-state index < -0.39 is 5.97 Å². The molecular formula is C16H16BrNO4S. The van der Waals surface area contributed by atoms with E-state index in [1.807, 2.05) is 31.2 Å². The SMILES string of the molecule is Cc1ccc(SCCNC(=O)COC(=O)c2ccc(Br)o2)cc1. The minimum atomic E-state index is -0.667. The number of rotatable bonds is 7. The molecule has 2 aromatic rings. The maximum atomic E-state index is 11.6. The van der Waals surface area contributed by atoms with Crippen molar-refractivity contribution in [2.24, 2.45) is 0 Å². The quantitative estimate of drug-likeness (QED) is 0.440. The normalized spacial score (nSPS) is 10.3. The van der Waals surface area contributed by atoms with Gasteiger partial charge < -0.3 is 14.5 Å². The lowest BCUT2D eigenvalue weighted by atomic mass is 10.2. The van der Waals surface area contributed by atoms with Crippen molar-refractivity contribution in [3.05, 3.63) is 52.4 Å². The van der Waals surface area contributed by atoms with E-state index in [1.165, 1.54) is 11.6 Å². The maximum absolute atomic E-state index is 11.6. The fourth-order valence-corrected chi connectivity index (χ4v) is 2.75. The molecule has 0 spiro atoms. The zero-order valence-electron chi connectivity index (χ0n) is 12.5. The largest absolute Gasteiger partial charge is 0.450 e. The number of carbonyl (C=O) groups excluding carboxylic acids is 2. The first-order valence-electron chi connectivity index (χ1n) is 6.93. The number of amides is 1. The van der Waals surface area contributed by atoms with Gasteiger partial charge in [0.25, 0.3) is 5.91 Å². The summed E-state index contributed by atoms with van der Waals surface area (Å²) in [5.41, 5.74) is 1.22. The molecule has 0 saturated heterocycles. The molecule has 0 aliphatic heterocycles. The molecule has 1 amide bonds. The Morgan fingerprint density at radius 1 is 1.22 bits per heavy atom. The second-order valence-electron chi connectivity index (χ2n) is 4.69. The first kappa shape index (κ1) is 17.6. The zero-order chi connectivity index (χ0) is 16.7. The maximum Gasteiger partial charge on any atom is 0.374 e. The van der Waals surface area contributed by atoms with Crippen LogP contribution in [0.5, 0.6) is 0 Å². The van der Waals surface area contributed by atoms with E-state index in [9.17, 15) is 9.59 Å².